The van der Waals surface area contributed by atoms with Crippen molar-refractivity contribution in [2.24, 2.45) is 4.99 Å². The second-order valence-electron chi connectivity index (χ2n) is 4.60. The minimum Gasteiger partial charge on any atom is -0.335 e. The first kappa shape index (κ1) is 11.5. The van der Waals surface area contributed by atoms with E-state index in [1.165, 1.54) is 12.1 Å². The van der Waals surface area contributed by atoms with Crippen LogP contribution in [0.4, 0.5) is 10.1 Å². The maximum absolute atomic E-state index is 13.1. The van der Waals surface area contributed by atoms with E-state index < -0.39 is 0 Å². The largest absolute Gasteiger partial charge is 0.335 e. The fourth-order valence-corrected chi connectivity index (χ4v) is 2.54. The van der Waals surface area contributed by atoms with Gasteiger partial charge in [0.05, 0.1) is 5.54 Å². The standard InChI is InChI=1S/C12H15FN2S/c1-8-4-5-9(13)6-10(8)14-11-15-12(2,3)7-16-11/h4-6H,7H2,1-3H3,(H,14,15). The summed E-state index contributed by atoms with van der Waals surface area (Å²) in [7, 11) is 0. The molecule has 1 heterocycles. The molecule has 1 N–H and O–H groups in total. The summed E-state index contributed by atoms with van der Waals surface area (Å²) in [5.41, 5.74) is 1.80. The molecule has 0 atom stereocenters. The van der Waals surface area contributed by atoms with E-state index in [1.54, 1.807) is 17.8 Å². The Morgan fingerprint density at radius 3 is 2.81 bits per heavy atom. The summed E-state index contributed by atoms with van der Waals surface area (Å²) in [5, 5.41) is 4.05. The molecule has 86 valence electrons. The van der Waals surface area contributed by atoms with Gasteiger partial charge in [-0.05, 0) is 38.5 Å². The summed E-state index contributed by atoms with van der Waals surface area (Å²) in [4.78, 5) is 4.53. The number of halogens is 1. The lowest BCUT2D eigenvalue weighted by atomic mass is 10.1. The number of nitrogens with zero attached hydrogens (tertiary/aromatic N) is 1. The predicted molar refractivity (Wildman–Crippen MR) is 68.7 cm³/mol. The van der Waals surface area contributed by atoms with Crippen LogP contribution in [0.15, 0.2) is 23.2 Å². The third-order valence-corrected chi connectivity index (χ3v) is 3.73. The maximum Gasteiger partial charge on any atom is 0.161 e. The van der Waals surface area contributed by atoms with E-state index >= 15 is 0 Å². The predicted octanol–water partition coefficient (Wildman–Crippen LogP) is 3.43. The SMILES string of the molecule is Cc1ccc(F)cc1NC1=NC(C)(C)CS1. The van der Waals surface area contributed by atoms with E-state index in [1.807, 2.05) is 6.92 Å². The van der Waals surface area contributed by atoms with Crippen LogP contribution in [0.1, 0.15) is 19.4 Å². The molecule has 0 spiro atoms. The van der Waals surface area contributed by atoms with Crippen molar-refractivity contribution in [1.82, 2.24) is 0 Å². The Kier molecular flexibility index (Phi) is 2.93. The smallest absolute Gasteiger partial charge is 0.161 e. The zero-order valence-electron chi connectivity index (χ0n) is 9.67. The van der Waals surface area contributed by atoms with Crippen molar-refractivity contribution < 1.29 is 4.39 Å². The average molecular weight is 238 g/mol. The molecule has 0 aromatic heterocycles. The van der Waals surface area contributed by atoms with E-state index in [0.717, 1.165) is 22.2 Å². The lowest BCUT2D eigenvalue weighted by molar-refractivity contribution is 0.605. The van der Waals surface area contributed by atoms with E-state index in [4.69, 9.17) is 0 Å². The van der Waals surface area contributed by atoms with Crippen molar-refractivity contribution in [3.8, 4) is 0 Å². The van der Waals surface area contributed by atoms with Gasteiger partial charge in [-0.15, -0.1) is 0 Å². The van der Waals surface area contributed by atoms with Crippen molar-refractivity contribution in [3.05, 3.63) is 29.6 Å². The number of anilines is 1. The first-order chi connectivity index (χ1) is 7.46. The Labute approximate surface area is 99.3 Å². The average Bonchev–Trinajstić information content (AvgIpc) is 2.52. The minimum atomic E-state index is -0.226. The third kappa shape index (κ3) is 2.55. The van der Waals surface area contributed by atoms with Crippen LogP contribution >= 0.6 is 11.8 Å². The van der Waals surface area contributed by atoms with Crippen LogP contribution in [0.2, 0.25) is 0 Å². The number of amidine groups is 1. The van der Waals surface area contributed by atoms with E-state index in [2.05, 4.69) is 24.2 Å². The fourth-order valence-electron chi connectivity index (χ4n) is 1.49. The molecule has 2 nitrogen and oxygen atoms in total. The highest BCUT2D eigenvalue weighted by Gasteiger charge is 2.25. The van der Waals surface area contributed by atoms with Gasteiger partial charge in [-0.1, -0.05) is 17.8 Å². The van der Waals surface area contributed by atoms with Gasteiger partial charge in [-0.25, -0.2) is 4.39 Å². The van der Waals surface area contributed by atoms with Crippen LogP contribution in [0, 0.1) is 12.7 Å². The van der Waals surface area contributed by atoms with Gasteiger partial charge in [0.15, 0.2) is 5.17 Å². The molecular weight excluding hydrogens is 223 g/mol. The Hall–Kier alpha value is -1.03. The number of hydrogen-bond donors (Lipinski definition) is 1. The van der Waals surface area contributed by atoms with Crippen molar-refractivity contribution >= 4 is 22.6 Å². The van der Waals surface area contributed by atoms with Crippen LogP contribution in [-0.2, 0) is 0 Å². The summed E-state index contributed by atoms with van der Waals surface area (Å²) in [6.45, 7) is 6.13. The number of rotatable bonds is 1. The molecule has 2 rings (SSSR count). The molecule has 1 aromatic rings. The Bertz CT molecular complexity index is 441. The number of thioether (sulfide) groups is 1. The maximum atomic E-state index is 13.1. The first-order valence-electron chi connectivity index (χ1n) is 5.22. The number of aliphatic imine (C=N–C) groups is 1. The summed E-state index contributed by atoms with van der Waals surface area (Å²) in [5.74, 6) is 0.736. The van der Waals surface area contributed by atoms with Gasteiger partial charge in [0.1, 0.15) is 5.82 Å². The molecule has 1 aromatic carbocycles. The van der Waals surface area contributed by atoms with Gasteiger partial charge in [-0.3, -0.25) is 4.99 Å². The number of hydrogen-bond acceptors (Lipinski definition) is 3. The fraction of sp³-hybridized carbons (Fsp3) is 0.417. The highest BCUT2D eigenvalue weighted by molar-refractivity contribution is 8.14. The molecule has 0 unspecified atom stereocenters. The Morgan fingerprint density at radius 2 is 2.19 bits per heavy atom. The van der Waals surface area contributed by atoms with Crippen molar-refractivity contribution in [2.45, 2.75) is 26.3 Å². The topological polar surface area (TPSA) is 24.4 Å². The van der Waals surface area contributed by atoms with E-state index in [-0.39, 0.29) is 11.4 Å². The lowest BCUT2D eigenvalue weighted by Gasteiger charge is -2.10. The molecule has 1 aliphatic rings. The van der Waals surface area contributed by atoms with Crippen molar-refractivity contribution in [3.63, 3.8) is 0 Å². The van der Waals surface area contributed by atoms with Gasteiger partial charge in [0.2, 0.25) is 0 Å². The first-order valence-corrected chi connectivity index (χ1v) is 6.21. The van der Waals surface area contributed by atoms with Crippen LogP contribution in [-0.4, -0.2) is 16.5 Å². The summed E-state index contributed by atoms with van der Waals surface area (Å²) in [6.07, 6.45) is 0. The zero-order chi connectivity index (χ0) is 11.8. The second-order valence-corrected chi connectivity index (χ2v) is 5.57. The van der Waals surface area contributed by atoms with Crippen molar-refractivity contribution in [1.29, 1.82) is 0 Å². The normalized spacial score (nSPS) is 18.4. The van der Waals surface area contributed by atoms with Gasteiger partial charge in [0, 0.05) is 11.4 Å². The zero-order valence-corrected chi connectivity index (χ0v) is 10.5. The molecular formula is C12H15FN2S. The highest BCUT2D eigenvalue weighted by Crippen LogP contribution is 2.28. The van der Waals surface area contributed by atoms with Gasteiger partial charge in [-0.2, -0.15) is 0 Å². The molecule has 0 amide bonds. The monoisotopic (exact) mass is 238 g/mol. The molecule has 0 saturated carbocycles. The molecule has 0 aliphatic carbocycles. The molecule has 4 heteroatoms. The highest BCUT2D eigenvalue weighted by atomic mass is 32.2. The summed E-state index contributed by atoms with van der Waals surface area (Å²) in [6, 6.07) is 4.74. The lowest BCUT2D eigenvalue weighted by Crippen LogP contribution is -2.15. The molecule has 16 heavy (non-hydrogen) atoms. The van der Waals surface area contributed by atoms with Gasteiger partial charge in [0.25, 0.3) is 0 Å². The Morgan fingerprint density at radius 1 is 1.44 bits per heavy atom. The molecule has 0 radical (unpaired) electrons. The number of nitrogens with one attached hydrogen (secondary N) is 1. The summed E-state index contributed by atoms with van der Waals surface area (Å²) < 4.78 is 13.1. The van der Waals surface area contributed by atoms with Crippen LogP contribution < -0.4 is 5.32 Å². The molecule has 0 saturated heterocycles. The molecule has 0 fully saturated rings. The van der Waals surface area contributed by atoms with Crippen LogP contribution in [0.25, 0.3) is 0 Å². The van der Waals surface area contributed by atoms with Crippen LogP contribution in [0.5, 0.6) is 0 Å². The third-order valence-electron chi connectivity index (χ3n) is 2.41. The van der Waals surface area contributed by atoms with Crippen LogP contribution in [0.3, 0.4) is 0 Å². The van der Waals surface area contributed by atoms with Gasteiger partial charge < -0.3 is 5.32 Å². The van der Waals surface area contributed by atoms with E-state index in [9.17, 15) is 4.39 Å². The Balaban J connectivity index is 2.19. The number of benzene rings is 1. The van der Waals surface area contributed by atoms with Gasteiger partial charge >= 0.3 is 0 Å². The number of aryl methyl sites for hydroxylation is 1. The molecule has 0 bridgehead atoms. The van der Waals surface area contributed by atoms with E-state index in [0.29, 0.717) is 0 Å². The second kappa shape index (κ2) is 4.09. The van der Waals surface area contributed by atoms with Crippen molar-refractivity contribution in [2.75, 3.05) is 11.1 Å². The quantitative estimate of drug-likeness (QED) is 0.810. The minimum absolute atomic E-state index is 0.0196. The summed E-state index contributed by atoms with van der Waals surface area (Å²) >= 11 is 1.68. The molecule has 1 aliphatic heterocycles.